The molecule has 0 bridgehead atoms. The second-order valence-electron chi connectivity index (χ2n) is 5.33. The number of nitrogens with zero attached hydrogens (tertiary/aromatic N) is 3. The van der Waals surface area contributed by atoms with Crippen LogP contribution in [0.1, 0.15) is 11.1 Å². The van der Waals surface area contributed by atoms with Crippen LogP contribution in [0.4, 0.5) is 10.5 Å². The number of rotatable bonds is 5. The summed E-state index contributed by atoms with van der Waals surface area (Å²) < 4.78 is 1.81. The van der Waals surface area contributed by atoms with Crippen molar-refractivity contribution in [2.45, 2.75) is 13.1 Å². The molecule has 23 heavy (non-hydrogen) atoms. The Balaban J connectivity index is 1.57. The van der Waals surface area contributed by atoms with E-state index in [9.17, 15) is 4.79 Å². The van der Waals surface area contributed by atoms with E-state index in [4.69, 9.17) is 0 Å². The van der Waals surface area contributed by atoms with Crippen molar-refractivity contribution in [3.8, 4) is 0 Å². The summed E-state index contributed by atoms with van der Waals surface area (Å²) in [6, 6.07) is 12.0. The zero-order valence-electron chi connectivity index (χ0n) is 12.8. The molecule has 0 aliphatic carbocycles. The van der Waals surface area contributed by atoms with Gasteiger partial charge in [0.1, 0.15) is 0 Å². The standard InChI is InChI=1S/C17H18N4OS/c1-20(10-15-7-8-23-13-15)17(22)19-16-9-18-21(12-16)11-14-5-3-2-4-6-14/h2-9,12-13H,10-11H2,1H3,(H,19,22). The monoisotopic (exact) mass is 326 g/mol. The molecule has 0 saturated carbocycles. The lowest BCUT2D eigenvalue weighted by Crippen LogP contribution is -2.30. The predicted molar refractivity (Wildman–Crippen MR) is 92.6 cm³/mol. The van der Waals surface area contributed by atoms with E-state index in [1.807, 2.05) is 45.9 Å². The highest BCUT2D eigenvalue weighted by Gasteiger charge is 2.10. The molecule has 3 rings (SSSR count). The number of carbonyl (C=O) groups excluding carboxylic acids is 1. The minimum Gasteiger partial charge on any atom is -0.323 e. The molecule has 0 radical (unpaired) electrons. The number of carbonyl (C=O) groups is 1. The third-order valence-electron chi connectivity index (χ3n) is 3.42. The van der Waals surface area contributed by atoms with E-state index >= 15 is 0 Å². The molecule has 118 valence electrons. The quantitative estimate of drug-likeness (QED) is 0.778. The summed E-state index contributed by atoms with van der Waals surface area (Å²) in [7, 11) is 1.78. The molecule has 1 aromatic carbocycles. The van der Waals surface area contributed by atoms with Crippen LogP contribution >= 0.6 is 11.3 Å². The van der Waals surface area contributed by atoms with Crippen molar-refractivity contribution in [1.82, 2.24) is 14.7 Å². The van der Waals surface area contributed by atoms with Crippen molar-refractivity contribution in [3.63, 3.8) is 0 Å². The van der Waals surface area contributed by atoms with Crippen LogP contribution in [0.25, 0.3) is 0 Å². The van der Waals surface area contributed by atoms with Crippen LogP contribution in [0.15, 0.2) is 59.6 Å². The van der Waals surface area contributed by atoms with Crippen LogP contribution in [-0.4, -0.2) is 27.8 Å². The molecule has 2 amide bonds. The Morgan fingerprint density at radius 1 is 1.26 bits per heavy atom. The summed E-state index contributed by atoms with van der Waals surface area (Å²) in [5.74, 6) is 0. The lowest BCUT2D eigenvalue weighted by atomic mass is 10.2. The summed E-state index contributed by atoms with van der Waals surface area (Å²) >= 11 is 1.63. The molecular weight excluding hydrogens is 308 g/mol. The van der Waals surface area contributed by atoms with Crippen molar-refractivity contribution in [2.24, 2.45) is 0 Å². The maximum absolute atomic E-state index is 12.2. The van der Waals surface area contributed by atoms with Crippen LogP contribution in [0.3, 0.4) is 0 Å². The molecule has 0 aliphatic rings. The van der Waals surface area contributed by atoms with Gasteiger partial charge in [-0.1, -0.05) is 30.3 Å². The highest BCUT2D eigenvalue weighted by atomic mass is 32.1. The average molecular weight is 326 g/mol. The number of urea groups is 1. The summed E-state index contributed by atoms with van der Waals surface area (Å²) in [5, 5.41) is 11.2. The van der Waals surface area contributed by atoms with Crippen LogP contribution < -0.4 is 5.32 Å². The van der Waals surface area contributed by atoms with Crippen LogP contribution in [0, 0.1) is 0 Å². The number of aromatic nitrogens is 2. The Bertz CT molecular complexity index is 752. The zero-order valence-corrected chi connectivity index (χ0v) is 13.7. The number of amides is 2. The van der Waals surface area contributed by atoms with E-state index < -0.39 is 0 Å². The van der Waals surface area contributed by atoms with Gasteiger partial charge in [0.25, 0.3) is 0 Å². The molecule has 0 atom stereocenters. The Morgan fingerprint density at radius 3 is 2.83 bits per heavy atom. The minimum atomic E-state index is -0.143. The van der Waals surface area contributed by atoms with Gasteiger partial charge >= 0.3 is 6.03 Å². The SMILES string of the molecule is CN(Cc1ccsc1)C(=O)Nc1cnn(Cc2ccccc2)c1. The molecule has 0 saturated heterocycles. The lowest BCUT2D eigenvalue weighted by molar-refractivity contribution is 0.221. The average Bonchev–Trinajstić information content (AvgIpc) is 3.20. The maximum Gasteiger partial charge on any atom is 0.321 e. The summed E-state index contributed by atoms with van der Waals surface area (Å²) in [4.78, 5) is 13.8. The third-order valence-corrected chi connectivity index (χ3v) is 4.15. The molecule has 6 heteroatoms. The number of benzene rings is 1. The van der Waals surface area contributed by atoms with Gasteiger partial charge in [-0.05, 0) is 28.0 Å². The van der Waals surface area contributed by atoms with Crippen molar-refractivity contribution < 1.29 is 4.79 Å². The minimum absolute atomic E-state index is 0.143. The second kappa shape index (κ2) is 7.11. The first-order valence-electron chi connectivity index (χ1n) is 7.30. The number of thiophene rings is 1. The molecular formula is C17H18N4OS. The fourth-order valence-electron chi connectivity index (χ4n) is 2.23. The highest BCUT2D eigenvalue weighted by Crippen LogP contribution is 2.11. The fraction of sp³-hybridized carbons (Fsp3) is 0.176. The van der Waals surface area contributed by atoms with Crippen molar-refractivity contribution in [2.75, 3.05) is 12.4 Å². The van der Waals surface area contributed by atoms with Gasteiger partial charge < -0.3 is 10.2 Å². The molecule has 0 fully saturated rings. The van der Waals surface area contributed by atoms with Gasteiger partial charge in [-0.2, -0.15) is 16.4 Å². The lowest BCUT2D eigenvalue weighted by Gasteiger charge is -2.16. The van der Waals surface area contributed by atoms with Gasteiger partial charge in [0.2, 0.25) is 0 Å². The van der Waals surface area contributed by atoms with Gasteiger partial charge in [-0.15, -0.1) is 0 Å². The maximum atomic E-state index is 12.2. The zero-order chi connectivity index (χ0) is 16.1. The number of nitrogens with one attached hydrogen (secondary N) is 1. The third kappa shape index (κ3) is 4.20. The van der Waals surface area contributed by atoms with Crippen molar-refractivity contribution >= 4 is 23.1 Å². The highest BCUT2D eigenvalue weighted by molar-refractivity contribution is 7.07. The van der Waals surface area contributed by atoms with Crippen LogP contribution in [-0.2, 0) is 13.1 Å². The Morgan fingerprint density at radius 2 is 2.09 bits per heavy atom. The summed E-state index contributed by atoms with van der Waals surface area (Å²) in [6.07, 6.45) is 3.50. The van der Waals surface area contributed by atoms with E-state index in [2.05, 4.69) is 22.5 Å². The Kier molecular flexibility index (Phi) is 4.73. The Labute approximate surface area is 139 Å². The first-order valence-corrected chi connectivity index (χ1v) is 8.24. The van der Waals surface area contributed by atoms with Gasteiger partial charge in [-0.25, -0.2) is 4.79 Å². The molecule has 0 aliphatic heterocycles. The van der Waals surface area contributed by atoms with Crippen molar-refractivity contribution in [1.29, 1.82) is 0 Å². The molecule has 2 aromatic heterocycles. The van der Waals surface area contributed by atoms with Crippen LogP contribution in [0.2, 0.25) is 0 Å². The van der Waals surface area contributed by atoms with E-state index in [0.717, 1.165) is 5.56 Å². The number of hydrogen-bond donors (Lipinski definition) is 1. The normalized spacial score (nSPS) is 10.5. The van der Waals surface area contributed by atoms with E-state index in [1.54, 1.807) is 29.5 Å². The van der Waals surface area contributed by atoms with E-state index in [-0.39, 0.29) is 6.03 Å². The first kappa shape index (κ1) is 15.3. The molecule has 3 aromatic rings. The van der Waals surface area contributed by atoms with E-state index in [1.165, 1.54) is 5.56 Å². The van der Waals surface area contributed by atoms with Crippen molar-refractivity contribution in [3.05, 3.63) is 70.7 Å². The first-order chi connectivity index (χ1) is 11.2. The predicted octanol–water partition coefficient (Wildman–Crippen LogP) is 3.66. The fourth-order valence-corrected chi connectivity index (χ4v) is 2.89. The smallest absolute Gasteiger partial charge is 0.321 e. The molecule has 2 heterocycles. The number of hydrogen-bond acceptors (Lipinski definition) is 3. The van der Waals surface area contributed by atoms with Gasteiger partial charge in [0, 0.05) is 19.8 Å². The van der Waals surface area contributed by atoms with Gasteiger partial charge in [-0.3, -0.25) is 4.68 Å². The van der Waals surface area contributed by atoms with Gasteiger partial charge in [0.05, 0.1) is 18.4 Å². The molecule has 0 spiro atoms. The molecule has 1 N–H and O–H groups in total. The molecule has 0 unspecified atom stereocenters. The van der Waals surface area contributed by atoms with Crippen LogP contribution in [0.5, 0.6) is 0 Å². The topological polar surface area (TPSA) is 50.2 Å². The van der Waals surface area contributed by atoms with Gasteiger partial charge in [0.15, 0.2) is 0 Å². The summed E-state index contributed by atoms with van der Waals surface area (Å²) in [6.45, 7) is 1.27. The largest absolute Gasteiger partial charge is 0.323 e. The van der Waals surface area contributed by atoms with E-state index in [0.29, 0.717) is 18.8 Å². The molecule has 5 nitrogen and oxygen atoms in total. The second-order valence-corrected chi connectivity index (χ2v) is 6.11. The Hall–Kier alpha value is -2.60. The number of anilines is 1. The summed E-state index contributed by atoms with van der Waals surface area (Å²) in [5.41, 5.74) is 3.00.